The molecule has 0 saturated heterocycles. The van der Waals surface area contributed by atoms with Crippen LogP contribution >= 0.6 is 11.3 Å². The van der Waals surface area contributed by atoms with Gasteiger partial charge in [0.2, 0.25) is 0 Å². The number of rotatable bonds is 4. The van der Waals surface area contributed by atoms with Crippen LogP contribution in [0.25, 0.3) is 11.3 Å². The molecule has 0 aromatic carbocycles. The third-order valence-electron chi connectivity index (χ3n) is 4.40. The number of H-pyrrole nitrogens is 1. The van der Waals surface area contributed by atoms with E-state index in [0.29, 0.717) is 5.56 Å². The van der Waals surface area contributed by atoms with Crippen LogP contribution in [0, 0.1) is 5.92 Å². The Balaban J connectivity index is 1.75. The molecule has 2 aromatic rings. The summed E-state index contributed by atoms with van der Waals surface area (Å²) >= 11 is 1.59. The largest absolute Gasteiger partial charge is 0.396 e. The van der Waals surface area contributed by atoms with Crippen molar-refractivity contribution in [1.29, 1.82) is 0 Å². The average Bonchev–Trinajstić information content (AvgIpc) is 3.16. The van der Waals surface area contributed by atoms with Gasteiger partial charge in [-0.3, -0.25) is 9.89 Å². The fraction of sp³-hybridized carbons (Fsp3) is 0.500. The zero-order chi connectivity index (χ0) is 15.4. The minimum Gasteiger partial charge on any atom is -0.396 e. The Kier molecular flexibility index (Phi) is 4.90. The van der Waals surface area contributed by atoms with Crippen LogP contribution < -0.4 is 5.32 Å². The van der Waals surface area contributed by atoms with Crippen LogP contribution in [0.4, 0.5) is 0 Å². The number of carbonyl (C=O) groups is 1. The van der Waals surface area contributed by atoms with E-state index in [0.717, 1.165) is 36.9 Å². The standard InChI is InChI=1S/C16H21N3O2S/c20-9-11-4-2-1-3-5-14(11)18-16(21)13-8-17-19-15(13)12-6-7-22-10-12/h6-8,10-11,14,20H,1-5,9H2,(H,17,19)(H,18,21). The lowest BCUT2D eigenvalue weighted by Crippen LogP contribution is -2.41. The number of aliphatic hydroxyl groups is 1. The molecule has 1 saturated carbocycles. The van der Waals surface area contributed by atoms with E-state index in [2.05, 4.69) is 15.5 Å². The van der Waals surface area contributed by atoms with Gasteiger partial charge in [0.1, 0.15) is 0 Å². The summed E-state index contributed by atoms with van der Waals surface area (Å²) in [6.07, 6.45) is 6.89. The molecule has 3 N–H and O–H groups in total. The van der Waals surface area contributed by atoms with E-state index in [1.807, 2.05) is 16.8 Å². The number of amides is 1. The zero-order valence-electron chi connectivity index (χ0n) is 12.4. The number of aromatic amines is 1. The third-order valence-corrected chi connectivity index (χ3v) is 5.09. The highest BCUT2D eigenvalue weighted by Gasteiger charge is 2.26. The van der Waals surface area contributed by atoms with Crippen molar-refractivity contribution >= 4 is 17.2 Å². The van der Waals surface area contributed by atoms with Crippen LogP contribution in [-0.2, 0) is 0 Å². The van der Waals surface area contributed by atoms with E-state index in [-0.39, 0.29) is 24.5 Å². The molecule has 0 spiro atoms. The third kappa shape index (κ3) is 3.23. The quantitative estimate of drug-likeness (QED) is 0.758. The zero-order valence-corrected chi connectivity index (χ0v) is 13.2. The van der Waals surface area contributed by atoms with Gasteiger partial charge in [-0.25, -0.2) is 0 Å². The summed E-state index contributed by atoms with van der Waals surface area (Å²) in [6, 6.07) is 2.02. The molecule has 22 heavy (non-hydrogen) atoms. The van der Waals surface area contributed by atoms with Gasteiger partial charge in [-0.15, -0.1) is 0 Å². The molecule has 0 aliphatic heterocycles. The van der Waals surface area contributed by atoms with Crippen molar-refractivity contribution in [3.8, 4) is 11.3 Å². The number of nitrogens with zero attached hydrogens (tertiary/aromatic N) is 1. The fourth-order valence-corrected chi connectivity index (χ4v) is 3.77. The monoisotopic (exact) mass is 319 g/mol. The number of thiophene rings is 1. The SMILES string of the molecule is O=C(NC1CCCCCC1CO)c1cn[nH]c1-c1ccsc1. The molecular weight excluding hydrogens is 298 g/mol. The second-order valence-corrected chi connectivity index (χ2v) is 6.61. The van der Waals surface area contributed by atoms with Gasteiger partial charge in [0.25, 0.3) is 5.91 Å². The summed E-state index contributed by atoms with van der Waals surface area (Å²) in [7, 11) is 0. The summed E-state index contributed by atoms with van der Waals surface area (Å²) in [6.45, 7) is 0.133. The first-order valence-corrected chi connectivity index (χ1v) is 8.71. The maximum Gasteiger partial charge on any atom is 0.255 e. The molecule has 1 aliphatic rings. The van der Waals surface area contributed by atoms with Gasteiger partial charge in [0, 0.05) is 29.5 Å². The Hall–Kier alpha value is -1.66. The van der Waals surface area contributed by atoms with Crippen LogP contribution in [0.15, 0.2) is 23.0 Å². The van der Waals surface area contributed by atoms with E-state index in [4.69, 9.17) is 0 Å². The lowest BCUT2D eigenvalue weighted by Gasteiger charge is -2.24. The average molecular weight is 319 g/mol. The lowest BCUT2D eigenvalue weighted by atomic mass is 9.95. The molecule has 6 heteroatoms. The van der Waals surface area contributed by atoms with E-state index in [9.17, 15) is 9.90 Å². The normalized spacial score (nSPS) is 22.2. The predicted molar refractivity (Wildman–Crippen MR) is 86.8 cm³/mol. The smallest absolute Gasteiger partial charge is 0.255 e. The first-order valence-electron chi connectivity index (χ1n) is 7.77. The number of nitrogens with one attached hydrogen (secondary N) is 2. The number of aliphatic hydroxyl groups excluding tert-OH is 1. The van der Waals surface area contributed by atoms with Crippen molar-refractivity contribution in [2.24, 2.45) is 5.92 Å². The Morgan fingerprint density at radius 1 is 1.41 bits per heavy atom. The highest BCUT2D eigenvalue weighted by Crippen LogP contribution is 2.26. The van der Waals surface area contributed by atoms with Gasteiger partial charge in [-0.05, 0) is 24.3 Å². The second-order valence-electron chi connectivity index (χ2n) is 5.83. The molecule has 2 aromatic heterocycles. The lowest BCUT2D eigenvalue weighted by molar-refractivity contribution is 0.0900. The van der Waals surface area contributed by atoms with Gasteiger partial charge in [0.15, 0.2) is 0 Å². The van der Waals surface area contributed by atoms with Crippen molar-refractivity contribution in [3.63, 3.8) is 0 Å². The van der Waals surface area contributed by atoms with E-state index < -0.39 is 0 Å². The topological polar surface area (TPSA) is 78.0 Å². The first-order chi connectivity index (χ1) is 10.8. The highest BCUT2D eigenvalue weighted by atomic mass is 32.1. The molecule has 2 heterocycles. The van der Waals surface area contributed by atoms with Gasteiger partial charge in [-0.2, -0.15) is 16.4 Å². The van der Waals surface area contributed by atoms with Crippen LogP contribution in [0.2, 0.25) is 0 Å². The maximum absolute atomic E-state index is 12.6. The van der Waals surface area contributed by atoms with Crippen LogP contribution in [-0.4, -0.2) is 33.9 Å². The van der Waals surface area contributed by atoms with Gasteiger partial charge >= 0.3 is 0 Å². The number of hydrogen-bond acceptors (Lipinski definition) is 4. The molecule has 1 aliphatic carbocycles. The Labute approximate surface area is 133 Å². The Bertz CT molecular complexity index is 609. The van der Waals surface area contributed by atoms with Crippen molar-refractivity contribution in [1.82, 2.24) is 15.5 Å². The summed E-state index contributed by atoms with van der Waals surface area (Å²) in [5.41, 5.74) is 2.31. The first kappa shape index (κ1) is 15.2. The number of carbonyl (C=O) groups excluding carboxylic acids is 1. The molecule has 5 nitrogen and oxygen atoms in total. The minimum atomic E-state index is -0.111. The van der Waals surface area contributed by atoms with Crippen molar-refractivity contribution in [2.45, 2.75) is 38.1 Å². The van der Waals surface area contributed by atoms with E-state index in [1.54, 1.807) is 17.5 Å². The Morgan fingerprint density at radius 3 is 3.05 bits per heavy atom. The molecule has 1 fully saturated rings. The van der Waals surface area contributed by atoms with Gasteiger partial charge < -0.3 is 10.4 Å². The molecule has 2 atom stereocenters. The second kappa shape index (κ2) is 7.07. The molecule has 2 unspecified atom stereocenters. The minimum absolute atomic E-state index is 0.0465. The summed E-state index contributed by atoms with van der Waals surface area (Å²) < 4.78 is 0. The van der Waals surface area contributed by atoms with Crippen molar-refractivity contribution < 1.29 is 9.90 Å². The summed E-state index contributed by atoms with van der Waals surface area (Å²) in [5, 5.41) is 23.6. The summed E-state index contributed by atoms with van der Waals surface area (Å²) in [5.74, 6) is 0.0447. The van der Waals surface area contributed by atoms with Crippen molar-refractivity contribution in [2.75, 3.05) is 6.61 Å². The molecule has 0 radical (unpaired) electrons. The van der Waals surface area contributed by atoms with Crippen LogP contribution in [0.5, 0.6) is 0 Å². The predicted octanol–water partition coefficient (Wildman–Crippen LogP) is 2.81. The highest BCUT2D eigenvalue weighted by molar-refractivity contribution is 7.08. The maximum atomic E-state index is 12.6. The fourth-order valence-electron chi connectivity index (χ4n) is 3.12. The van der Waals surface area contributed by atoms with Crippen LogP contribution in [0.3, 0.4) is 0 Å². The van der Waals surface area contributed by atoms with Gasteiger partial charge in [0.05, 0.1) is 17.5 Å². The van der Waals surface area contributed by atoms with Crippen molar-refractivity contribution in [3.05, 3.63) is 28.6 Å². The molecule has 118 valence electrons. The molecular formula is C16H21N3O2S. The van der Waals surface area contributed by atoms with E-state index >= 15 is 0 Å². The molecule has 0 bridgehead atoms. The molecule has 1 amide bonds. The summed E-state index contributed by atoms with van der Waals surface area (Å²) in [4.78, 5) is 12.6. The van der Waals surface area contributed by atoms with Gasteiger partial charge in [-0.1, -0.05) is 19.3 Å². The number of aromatic nitrogens is 2. The Morgan fingerprint density at radius 2 is 2.27 bits per heavy atom. The molecule has 3 rings (SSSR count). The van der Waals surface area contributed by atoms with Crippen LogP contribution in [0.1, 0.15) is 42.5 Å². The number of hydrogen-bond donors (Lipinski definition) is 3. The van der Waals surface area contributed by atoms with E-state index in [1.165, 1.54) is 6.42 Å².